The molecule has 0 aliphatic carbocycles. The summed E-state index contributed by atoms with van der Waals surface area (Å²) in [4.78, 5) is 24.1. The second kappa shape index (κ2) is 9.01. The fourth-order valence-electron chi connectivity index (χ4n) is 2.36. The van der Waals surface area contributed by atoms with Crippen molar-refractivity contribution in [2.45, 2.75) is 6.61 Å². The van der Waals surface area contributed by atoms with Gasteiger partial charge in [-0.15, -0.1) is 0 Å². The van der Waals surface area contributed by atoms with Crippen molar-refractivity contribution in [1.29, 1.82) is 0 Å². The number of esters is 1. The van der Waals surface area contributed by atoms with Gasteiger partial charge in [0.1, 0.15) is 12.4 Å². The van der Waals surface area contributed by atoms with E-state index in [1.54, 1.807) is 48.5 Å². The molecule has 0 heterocycles. The Balaban J connectivity index is 1.51. The first kappa shape index (κ1) is 18.7. The molecule has 0 aliphatic rings. The number of carbonyl (C=O) groups excluding carboxylic acids is 2. The molecule has 0 atom stereocenters. The van der Waals surface area contributed by atoms with Gasteiger partial charge in [0.05, 0.1) is 5.56 Å². The fraction of sp³-hybridized carbons (Fsp3) is 0.0909. The molecule has 136 valence electrons. The maximum Gasteiger partial charge on any atom is 0.338 e. The third-order valence-electron chi connectivity index (χ3n) is 3.84. The zero-order valence-electron chi connectivity index (χ0n) is 14.4. The van der Waals surface area contributed by atoms with Gasteiger partial charge in [-0.25, -0.2) is 4.79 Å². The summed E-state index contributed by atoms with van der Waals surface area (Å²) in [7, 11) is 0. The van der Waals surface area contributed by atoms with E-state index in [0.717, 1.165) is 5.56 Å². The van der Waals surface area contributed by atoms with E-state index in [2.05, 4.69) is 0 Å². The fourth-order valence-corrected chi connectivity index (χ4v) is 2.49. The van der Waals surface area contributed by atoms with Crippen LogP contribution >= 0.6 is 11.6 Å². The minimum Gasteiger partial charge on any atom is -0.489 e. The maximum atomic E-state index is 12.1. The second-order valence-corrected chi connectivity index (χ2v) is 6.24. The van der Waals surface area contributed by atoms with Crippen LogP contribution in [-0.4, -0.2) is 18.4 Å². The van der Waals surface area contributed by atoms with Crippen LogP contribution in [0.2, 0.25) is 5.02 Å². The lowest BCUT2D eigenvalue weighted by molar-refractivity contribution is 0.0474. The Morgan fingerprint density at radius 3 is 2.07 bits per heavy atom. The van der Waals surface area contributed by atoms with E-state index in [1.165, 1.54) is 0 Å². The Morgan fingerprint density at radius 1 is 0.778 bits per heavy atom. The summed E-state index contributed by atoms with van der Waals surface area (Å²) in [6, 6.07) is 22.8. The van der Waals surface area contributed by atoms with E-state index in [0.29, 0.717) is 28.5 Å². The van der Waals surface area contributed by atoms with Gasteiger partial charge in [0, 0.05) is 10.6 Å². The summed E-state index contributed by atoms with van der Waals surface area (Å²) in [5.74, 6) is -0.206. The molecule has 0 aliphatic heterocycles. The van der Waals surface area contributed by atoms with Gasteiger partial charge in [-0.2, -0.15) is 0 Å². The smallest absolute Gasteiger partial charge is 0.338 e. The van der Waals surface area contributed by atoms with Crippen LogP contribution in [-0.2, 0) is 11.3 Å². The molecule has 0 saturated heterocycles. The molecule has 27 heavy (non-hydrogen) atoms. The Bertz CT molecular complexity index is 903. The summed E-state index contributed by atoms with van der Waals surface area (Å²) in [5.41, 5.74) is 1.85. The molecular weight excluding hydrogens is 364 g/mol. The monoisotopic (exact) mass is 380 g/mol. The van der Waals surface area contributed by atoms with Crippen molar-refractivity contribution < 1.29 is 19.1 Å². The number of rotatable bonds is 7. The van der Waals surface area contributed by atoms with Crippen LogP contribution in [0.25, 0.3) is 0 Å². The molecule has 0 amide bonds. The zero-order chi connectivity index (χ0) is 19.1. The van der Waals surface area contributed by atoms with E-state index in [9.17, 15) is 9.59 Å². The van der Waals surface area contributed by atoms with E-state index < -0.39 is 5.97 Å². The average Bonchev–Trinajstić information content (AvgIpc) is 2.72. The molecule has 0 unspecified atom stereocenters. The normalized spacial score (nSPS) is 10.3. The number of Topliss-reactive ketones (excluding diaryl/α,β-unsaturated/α-hetero) is 1. The summed E-state index contributed by atoms with van der Waals surface area (Å²) in [5, 5.41) is 0.540. The number of carbonyl (C=O) groups is 2. The van der Waals surface area contributed by atoms with Crippen molar-refractivity contribution in [3.8, 4) is 5.75 Å². The largest absolute Gasteiger partial charge is 0.489 e. The number of halogens is 1. The van der Waals surface area contributed by atoms with Crippen LogP contribution in [0.4, 0.5) is 0 Å². The number of hydrogen-bond acceptors (Lipinski definition) is 4. The molecule has 5 heteroatoms. The van der Waals surface area contributed by atoms with Crippen LogP contribution in [0.3, 0.4) is 0 Å². The van der Waals surface area contributed by atoms with Gasteiger partial charge in [0.25, 0.3) is 0 Å². The molecular formula is C22H17ClO4. The standard InChI is InChI=1S/C22H17ClO4/c23-19-10-6-17(7-11-19)21(24)15-27-22(25)18-8-12-20(13-9-18)26-14-16-4-2-1-3-5-16/h1-13H,14-15H2. The number of ether oxygens (including phenoxy) is 2. The first-order valence-corrected chi connectivity index (χ1v) is 8.72. The first-order chi connectivity index (χ1) is 13.1. The predicted molar refractivity (Wildman–Crippen MR) is 103 cm³/mol. The molecule has 3 aromatic carbocycles. The number of benzene rings is 3. The van der Waals surface area contributed by atoms with Crippen LogP contribution in [0.1, 0.15) is 26.3 Å². The summed E-state index contributed by atoms with van der Waals surface area (Å²) >= 11 is 5.79. The molecule has 0 aromatic heterocycles. The molecule has 0 fully saturated rings. The van der Waals surface area contributed by atoms with Crippen molar-refractivity contribution in [3.63, 3.8) is 0 Å². The Labute approximate surface area is 162 Å². The highest BCUT2D eigenvalue weighted by atomic mass is 35.5. The Hall–Kier alpha value is -3.11. The van der Waals surface area contributed by atoms with Crippen molar-refractivity contribution in [1.82, 2.24) is 0 Å². The lowest BCUT2D eigenvalue weighted by atomic mass is 10.1. The Kier molecular flexibility index (Phi) is 6.23. The quantitative estimate of drug-likeness (QED) is 0.429. The third kappa shape index (κ3) is 5.43. The lowest BCUT2D eigenvalue weighted by Gasteiger charge is -2.08. The van der Waals surface area contributed by atoms with Crippen molar-refractivity contribution in [3.05, 3.63) is 101 Å². The van der Waals surface area contributed by atoms with Crippen molar-refractivity contribution >= 4 is 23.4 Å². The van der Waals surface area contributed by atoms with Crippen molar-refractivity contribution in [2.75, 3.05) is 6.61 Å². The minimum absolute atomic E-state index is 0.289. The van der Waals surface area contributed by atoms with Gasteiger partial charge in [0.2, 0.25) is 0 Å². The van der Waals surface area contributed by atoms with Gasteiger partial charge in [-0.1, -0.05) is 41.9 Å². The van der Waals surface area contributed by atoms with Crippen LogP contribution in [0.15, 0.2) is 78.9 Å². The Morgan fingerprint density at radius 2 is 1.41 bits per heavy atom. The summed E-state index contributed by atoms with van der Waals surface area (Å²) in [6.45, 7) is 0.118. The molecule has 0 spiro atoms. The van der Waals surface area contributed by atoms with E-state index in [4.69, 9.17) is 21.1 Å². The predicted octanol–water partition coefficient (Wildman–Crippen LogP) is 4.96. The highest BCUT2D eigenvalue weighted by Crippen LogP contribution is 2.15. The third-order valence-corrected chi connectivity index (χ3v) is 4.09. The summed E-state index contributed by atoms with van der Waals surface area (Å²) < 4.78 is 10.8. The SMILES string of the molecule is O=C(COC(=O)c1ccc(OCc2ccccc2)cc1)c1ccc(Cl)cc1. The topological polar surface area (TPSA) is 52.6 Å². The molecule has 3 aromatic rings. The molecule has 0 bridgehead atoms. The van der Waals surface area contributed by atoms with Gasteiger partial charge >= 0.3 is 5.97 Å². The van der Waals surface area contributed by atoms with E-state index in [-0.39, 0.29) is 12.4 Å². The molecule has 0 N–H and O–H groups in total. The van der Waals surface area contributed by atoms with Crippen molar-refractivity contribution in [2.24, 2.45) is 0 Å². The second-order valence-electron chi connectivity index (χ2n) is 5.80. The first-order valence-electron chi connectivity index (χ1n) is 8.34. The van der Waals surface area contributed by atoms with Gasteiger partial charge in [-0.05, 0) is 54.1 Å². The van der Waals surface area contributed by atoms with Gasteiger partial charge in [-0.3, -0.25) is 4.79 Å². The average molecular weight is 381 g/mol. The summed E-state index contributed by atoms with van der Waals surface area (Å²) in [6.07, 6.45) is 0. The molecule has 3 rings (SSSR count). The highest BCUT2D eigenvalue weighted by molar-refractivity contribution is 6.30. The van der Waals surface area contributed by atoms with Crippen LogP contribution in [0, 0.1) is 0 Å². The minimum atomic E-state index is -0.563. The lowest BCUT2D eigenvalue weighted by Crippen LogP contribution is -2.14. The molecule has 0 radical (unpaired) electrons. The van der Waals surface area contributed by atoms with Crippen LogP contribution in [0.5, 0.6) is 5.75 Å². The molecule has 0 saturated carbocycles. The highest BCUT2D eigenvalue weighted by Gasteiger charge is 2.12. The maximum absolute atomic E-state index is 12.1. The molecule has 4 nitrogen and oxygen atoms in total. The van der Waals surface area contributed by atoms with E-state index in [1.807, 2.05) is 30.3 Å². The van der Waals surface area contributed by atoms with Gasteiger partial charge < -0.3 is 9.47 Å². The van der Waals surface area contributed by atoms with Gasteiger partial charge in [0.15, 0.2) is 12.4 Å². The number of ketones is 1. The van der Waals surface area contributed by atoms with Crippen LogP contribution < -0.4 is 4.74 Å². The number of hydrogen-bond donors (Lipinski definition) is 0. The zero-order valence-corrected chi connectivity index (χ0v) is 15.2. The van der Waals surface area contributed by atoms with E-state index >= 15 is 0 Å².